The summed E-state index contributed by atoms with van der Waals surface area (Å²) in [5.74, 6) is 0.661. The van der Waals surface area contributed by atoms with Crippen LogP contribution < -0.4 is 4.90 Å². The highest BCUT2D eigenvalue weighted by Crippen LogP contribution is 2.53. The van der Waals surface area contributed by atoms with Gasteiger partial charge in [0.1, 0.15) is 0 Å². The van der Waals surface area contributed by atoms with Crippen molar-refractivity contribution in [2.45, 2.75) is 26.2 Å². The van der Waals surface area contributed by atoms with Gasteiger partial charge in [-0.1, -0.05) is 165 Å². The summed E-state index contributed by atoms with van der Waals surface area (Å²) < 4.78 is 2.25. The lowest BCUT2D eigenvalue weighted by atomic mass is 9.72. The normalized spacial score (nSPS) is 13.2. The molecular weight excluding hydrogens is 753 g/mol. The molecule has 0 amide bonds. The first kappa shape index (κ1) is 36.1. The zero-order valence-electron chi connectivity index (χ0n) is 34.8. The fraction of sp³-hybridized carbons (Fsp3) is 0.0690. The molecule has 0 saturated heterocycles. The van der Waals surface area contributed by atoms with Crippen molar-refractivity contribution in [1.82, 2.24) is 14.5 Å². The second kappa shape index (κ2) is 13.9. The van der Waals surface area contributed by atoms with Gasteiger partial charge in [-0.2, -0.15) is 0 Å². The predicted octanol–water partition coefficient (Wildman–Crippen LogP) is 15.3. The Labute approximate surface area is 361 Å². The lowest BCUT2D eigenvalue weighted by Crippen LogP contribution is -2.30. The molecule has 4 nitrogen and oxygen atoms in total. The summed E-state index contributed by atoms with van der Waals surface area (Å²) in [5, 5.41) is 5.83. The minimum atomic E-state index is -0.183. The highest BCUT2D eigenvalue weighted by molar-refractivity contribution is 6.21. The smallest absolute Gasteiger partial charge is 0.235 e. The zero-order valence-corrected chi connectivity index (χ0v) is 34.8. The lowest BCUT2D eigenvalue weighted by molar-refractivity contribution is 0.631. The molecule has 1 aliphatic heterocycles. The van der Waals surface area contributed by atoms with Crippen LogP contribution in [-0.2, 0) is 5.41 Å². The van der Waals surface area contributed by atoms with Crippen LogP contribution in [0.3, 0.4) is 0 Å². The van der Waals surface area contributed by atoms with Gasteiger partial charge in [-0.15, -0.1) is 0 Å². The molecule has 0 saturated carbocycles. The van der Waals surface area contributed by atoms with Gasteiger partial charge >= 0.3 is 0 Å². The third-order valence-corrected chi connectivity index (χ3v) is 13.0. The molecule has 0 aliphatic carbocycles. The second-order valence-corrected chi connectivity index (χ2v) is 17.1. The summed E-state index contributed by atoms with van der Waals surface area (Å²) in [5.41, 5.74) is 17.2. The first-order valence-corrected chi connectivity index (χ1v) is 21.4. The topological polar surface area (TPSA) is 34.0 Å². The Morgan fingerprint density at radius 1 is 0.435 bits per heavy atom. The van der Waals surface area contributed by atoms with E-state index in [1.807, 2.05) is 6.07 Å². The van der Waals surface area contributed by atoms with E-state index in [-0.39, 0.29) is 5.41 Å². The number of anilines is 3. The number of para-hydroxylation sites is 2. The number of hydrogen-bond donors (Lipinski definition) is 0. The molecule has 11 aromatic rings. The molecule has 62 heavy (non-hydrogen) atoms. The number of hydrogen-bond acceptors (Lipinski definition) is 3. The molecule has 12 rings (SSSR count). The van der Waals surface area contributed by atoms with Gasteiger partial charge in [-0.05, 0) is 106 Å². The van der Waals surface area contributed by atoms with E-state index >= 15 is 0 Å². The highest BCUT2D eigenvalue weighted by Gasteiger charge is 2.37. The van der Waals surface area contributed by atoms with Crippen LogP contribution in [0.5, 0.6) is 0 Å². The van der Waals surface area contributed by atoms with E-state index < -0.39 is 0 Å². The van der Waals surface area contributed by atoms with Crippen LogP contribution >= 0.6 is 0 Å². The molecule has 3 heterocycles. The number of fused-ring (bicyclic) bond motifs is 8. The maximum absolute atomic E-state index is 5.33. The first-order valence-electron chi connectivity index (χ1n) is 21.4. The average molecular weight is 795 g/mol. The van der Waals surface area contributed by atoms with Crippen molar-refractivity contribution in [2.75, 3.05) is 4.90 Å². The van der Waals surface area contributed by atoms with Gasteiger partial charge in [0.25, 0.3) is 0 Å². The van der Waals surface area contributed by atoms with Crippen LogP contribution in [0.1, 0.15) is 30.5 Å². The summed E-state index contributed by atoms with van der Waals surface area (Å²) >= 11 is 0. The Morgan fingerprint density at radius 3 is 1.81 bits per heavy atom. The van der Waals surface area contributed by atoms with Crippen molar-refractivity contribution in [2.24, 2.45) is 0 Å². The Bertz CT molecular complexity index is 3550. The van der Waals surface area contributed by atoms with E-state index in [9.17, 15) is 0 Å². The average Bonchev–Trinajstić information content (AvgIpc) is 3.66. The quantitative estimate of drug-likeness (QED) is 0.174. The Kier molecular flexibility index (Phi) is 8.07. The fourth-order valence-electron chi connectivity index (χ4n) is 9.91. The summed E-state index contributed by atoms with van der Waals surface area (Å²) in [4.78, 5) is 13.0. The van der Waals surface area contributed by atoms with Crippen molar-refractivity contribution in [1.29, 1.82) is 0 Å². The molecule has 0 atom stereocenters. The van der Waals surface area contributed by atoms with Crippen LogP contribution in [0.15, 0.2) is 200 Å². The molecule has 0 unspecified atom stereocenters. The number of aryl methyl sites for hydroxylation is 1. The second-order valence-electron chi connectivity index (χ2n) is 17.1. The Hall–Kier alpha value is -7.82. The number of nitrogens with zero attached hydrogens (tertiary/aromatic N) is 4. The number of rotatable bonds is 5. The summed E-state index contributed by atoms with van der Waals surface area (Å²) in [6.45, 7) is 6.92. The third kappa shape index (κ3) is 5.60. The number of benzene rings is 9. The molecule has 0 fully saturated rings. The summed E-state index contributed by atoms with van der Waals surface area (Å²) in [6.07, 6.45) is 0. The SMILES string of the molecule is Cc1ccc2c(c1)C(C)(C)c1cc(-c3ccc(-c4ccc5c(c4)c4c6ccccc6ccc4n5-c4nc(-c5ccccc5)c5ccccc5n4)cc3)ccc1N2c1ccccc1. The summed E-state index contributed by atoms with van der Waals surface area (Å²) in [6, 6.07) is 72.4. The molecular formula is C58H42N4. The molecule has 0 radical (unpaired) electrons. The minimum absolute atomic E-state index is 0.183. The van der Waals surface area contributed by atoms with Crippen LogP contribution in [0, 0.1) is 6.92 Å². The summed E-state index contributed by atoms with van der Waals surface area (Å²) in [7, 11) is 0. The first-order chi connectivity index (χ1) is 30.4. The van der Waals surface area contributed by atoms with E-state index in [0.29, 0.717) is 5.95 Å². The molecule has 2 aromatic heterocycles. The van der Waals surface area contributed by atoms with Crippen LogP contribution in [0.25, 0.3) is 82.9 Å². The molecule has 0 bridgehead atoms. The predicted molar refractivity (Wildman–Crippen MR) is 259 cm³/mol. The van der Waals surface area contributed by atoms with Gasteiger partial charge in [0.05, 0.1) is 33.6 Å². The van der Waals surface area contributed by atoms with Gasteiger partial charge in [0.15, 0.2) is 0 Å². The van der Waals surface area contributed by atoms with Gasteiger partial charge in [0.2, 0.25) is 5.95 Å². The van der Waals surface area contributed by atoms with E-state index in [4.69, 9.17) is 9.97 Å². The van der Waals surface area contributed by atoms with Gasteiger partial charge < -0.3 is 4.90 Å². The van der Waals surface area contributed by atoms with Crippen molar-refractivity contribution < 1.29 is 0 Å². The third-order valence-electron chi connectivity index (χ3n) is 13.0. The van der Waals surface area contributed by atoms with Gasteiger partial charge in [0, 0.05) is 32.8 Å². The van der Waals surface area contributed by atoms with E-state index in [1.165, 1.54) is 72.0 Å². The minimum Gasteiger partial charge on any atom is -0.310 e. The van der Waals surface area contributed by atoms with E-state index in [1.54, 1.807) is 0 Å². The molecule has 294 valence electrons. The molecule has 4 heteroatoms. The van der Waals surface area contributed by atoms with Gasteiger partial charge in [-0.3, -0.25) is 4.57 Å². The van der Waals surface area contributed by atoms with Crippen molar-refractivity contribution in [3.63, 3.8) is 0 Å². The molecule has 0 spiro atoms. The van der Waals surface area contributed by atoms with Crippen molar-refractivity contribution >= 4 is 60.5 Å². The maximum atomic E-state index is 5.33. The lowest BCUT2D eigenvalue weighted by Gasteiger charge is -2.42. The van der Waals surface area contributed by atoms with Gasteiger partial charge in [-0.25, -0.2) is 9.97 Å². The molecule has 0 N–H and O–H groups in total. The monoisotopic (exact) mass is 794 g/mol. The van der Waals surface area contributed by atoms with Crippen LogP contribution in [-0.4, -0.2) is 14.5 Å². The molecule has 1 aliphatic rings. The largest absolute Gasteiger partial charge is 0.310 e. The van der Waals surface area contributed by atoms with E-state index in [0.717, 1.165) is 38.8 Å². The van der Waals surface area contributed by atoms with Crippen molar-refractivity contribution in [3.05, 3.63) is 217 Å². The van der Waals surface area contributed by atoms with Crippen LogP contribution in [0.4, 0.5) is 17.1 Å². The van der Waals surface area contributed by atoms with Crippen molar-refractivity contribution in [3.8, 4) is 39.5 Å². The Morgan fingerprint density at radius 2 is 1.03 bits per heavy atom. The zero-order chi connectivity index (χ0) is 41.5. The standard InChI is InChI=1S/C58H42N4/c1-37-22-30-52-48(34-37)58(2,3)49-36-43(29-32-53(49)61(52)44-17-8-5-9-18-44)39-25-23-38(24-26-39)42-28-31-51-47(35-42)55-45-19-11-10-14-40(45)27-33-54(55)62(51)57-59-50-21-13-12-20-46(50)56(60-57)41-15-6-4-7-16-41/h4-36H,1-3H3. The highest BCUT2D eigenvalue weighted by atomic mass is 15.2. The fourth-order valence-corrected chi connectivity index (χ4v) is 9.91. The van der Waals surface area contributed by atoms with E-state index in [2.05, 4.69) is 224 Å². The number of aromatic nitrogens is 3. The Balaban J connectivity index is 0.979. The molecule has 9 aromatic carbocycles. The maximum Gasteiger partial charge on any atom is 0.235 e. The van der Waals surface area contributed by atoms with Crippen LogP contribution in [0.2, 0.25) is 0 Å².